The Morgan fingerprint density at radius 1 is 0.947 bits per heavy atom. The van der Waals surface area contributed by atoms with E-state index in [1.807, 2.05) is 24.3 Å². The predicted molar refractivity (Wildman–Crippen MR) is 224 cm³/mol. The summed E-state index contributed by atoms with van der Waals surface area (Å²) in [7, 11) is 0. The van der Waals surface area contributed by atoms with Crippen molar-refractivity contribution in [3.63, 3.8) is 0 Å². The summed E-state index contributed by atoms with van der Waals surface area (Å²) in [5.41, 5.74) is 2.94. The molecule has 1 saturated carbocycles. The molecule has 1 saturated heterocycles. The first-order valence-electron chi connectivity index (χ1n) is 18.5. The number of hydrogen-bond donors (Lipinski definition) is 5. The fraction of sp³-hybridized carbons (Fsp3) is 0.317. The number of amides is 1. The summed E-state index contributed by atoms with van der Waals surface area (Å²) in [6.07, 6.45) is 4.28. The van der Waals surface area contributed by atoms with Crippen LogP contribution >= 0.6 is 46.5 Å². The van der Waals surface area contributed by atoms with Crippen LogP contribution in [0.5, 0.6) is 0 Å². The summed E-state index contributed by atoms with van der Waals surface area (Å²) in [5.74, 6) is -0.462. The summed E-state index contributed by atoms with van der Waals surface area (Å²) < 4.78 is 46.0. The van der Waals surface area contributed by atoms with Gasteiger partial charge in [-0.05, 0) is 85.0 Å². The van der Waals surface area contributed by atoms with E-state index in [4.69, 9.17) is 28.2 Å². The smallest absolute Gasteiger partial charge is 0.416 e. The van der Waals surface area contributed by atoms with Gasteiger partial charge in [-0.2, -0.15) is 13.2 Å². The van der Waals surface area contributed by atoms with Crippen LogP contribution in [-0.2, 0) is 28.9 Å². The number of benzene rings is 3. The largest absolute Gasteiger partial charge is 0.481 e. The fourth-order valence-corrected chi connectivity index (χ4v) is 9.38. The van der Waals surface area contributed by atoms with Crippen molar-refractivity contribution in [3.8, 4) is 11.1 Å². The van der Waals surface area contributed by atoms with Crippen molar-refractivity contribution >= 4 is 92.2 Å². The zero-order valence-corrected chi connectivity index (χ0v) is 33.6. The van der Waals surface area contributed by atoms with Gasteiger partial charge in [0.05, 0.1) is 31.9 Å². The molecule has 57 heavy (non-hydrogen) atoms. The van der Waals surface area contributed by atoms with Crippen LogP contribution in [0.2, 0.25) is 10.0 Å². The minimum Gasteiger partial charge on any atom is -0.481 e. The lowest BCUT2D eigenvalue weighted by molar-refractivity contribution is -0.143. The maximum atomic E-state index is 14.1. The number of pyridine rings is 1. The Morgan fingerprint density at radius 3 is 2.44 bits per heavy atom. The number of nitrogens with one attached hydrogen (secondary N) is 4. The van der Waals surface area contributed by atoms with E-state index >= 15 is 0 Å². The van der Waals surface area contributed by atoms with Crippen molar-refractivity contribution < 1.29 is 27.9 Å². The Morgan fingerprint density at radius 2 is 1.70 bits per heavy atom. The van der Waals surface area contributed by atoms with E-state index < -0.39 is 17.7 Å². The monoisotopic (exact) mass is 854 g/mol. The average molecular weight is 856 g/mol. The Hall–Kier alpha value is -4.18. The van der Waals surface area contributed by atoms with Gasteiger partial charge in [0.25, 0.3) is 0 Å². The van der Waals surface area contributed by atoms with Gasteiger partial charge in [0.2, 0.25) is 5.91 Å². The van der Waals surface area contributed by atoms with E-state index in [1.165, 1.54) is 30.2 Å². The highest BCUT2D eigenvalue weighted by atomic mass is 35.5. The average Bonchev–Trinajstić information content (AvgIpc) is 3.62. The Labute approximate surface area is 346 Å². The molecule has 3 heterocycles. The molecule has 298 valence electrons. The number of fused-ring (bicyclic) bond motifs is 1. The lowest BCUT2D eigenvalue weighted by Crippen LogP contribution is -2.34. The van der Waals surface area contributed by atoms with Gasteiger partial charge in [0.1, 0.15) is 10.5 Å². The van der Waals surface area contributed by atoms with Crippen LogP contribution in [-0.4, -0.2) is 44.8 Å². The molecule has 5 N–H and O–H groups in total. The second-order valence-electron chi connectivity index (χ2n) is 14.1. The standard InChI is InChI=1S/C41H39Cl2F3N6O3S2/c42-36-24(8-9-26-19-23(7-15-31(26)41(44,45)46)20-47-21-28-14-16-34(53)52-57-28)3-1-4-29(36)30-5-2-6-32(37(30)43)50-39-38-33(17-18-48-39)56-35(51-38)22-49-27-12-10-25(11-13-27)40(54)55/h1-9,15,17-19,25,27-28,47,49H,10-14,16,20-22H2,(H,48,50)(H,52,53)(H,54,55)/b9-8+/t25-,27-,28-/m0/s1. The number of nitrogens with zero attached hydrogens (tertiary/aromatic N) is 2. The zero-order valence-electron chi connectivity index (χ0n) is 30.5. The molecule has 0 bridgehead atoms. The van der Waals surface area contributed by atoms with Crippen LogP contribution in [0.1, 0.15) is 65.8 Å². The zero-order chi connectivity index (χ0) is 40.1. The van der Waals surface area contributed by atoms with E-state index in [1.54, 1.807) is 41.8 Å². The number of carbonyl (C=O) groups excluding carboxylic acids is 1. The number of anilines is 2. The number of carboxylic acids is 1. The summed E-state index contributed by atoms with van der Waals surface area (Å²) in [6, 6.07) is 17.0. The Bertz CT molecular complexity index is 2290. The van der Waals surface area contributed by atoms with Gasteiger partial charge < -0.3 is 21.1 Å². The first-order chi connectivity index (χ1) is 27.4. The SMILES string of the molecule is O=C1CC[C@@H](CNCc2ccc(C(F)(F)F)c(/C=C/c3cccc(-c4cccc(Nc5nccc6sc(CN[C@H]7CC[C@H](C(=O)O)CC7)nc56)c4Cl)c3Cl)c2)SN1. The quantitative estimate of drug-likeness (QED) is 0.0581. The molecular weight excluding hydrogens is 817 g/mol. The lowest BCUT2D eigenvalue weighted by atomic mass is 9.86. The third-order valence-electron chi connectivity index (χ3n) is 10.1. The molecule has 2 aromatic heterocycles. The van der Waals surface area contributed by atoms with Crippen molar-refractivity contribution in [2.45, 2.75) is 69.1 Å². The van der Waals surface area contributed by atoms with Gasteiger partial charge in [-0.3, -0.25) is 14.3 Å². The molecule has 9 nitrogen and oxygen atoms in total. The molecule has 1 amide bonds. The first kappa shape index (κ1) is 41.0. The number of carboxylic acid groups (broad SMARTS) is 1. The molecule has 16 heteroatoms. The van der Waals surface area contributed by atoms with Gasteiger partial charge in [-0.15, -0.1) is 11.3 Å². The van der Waals surface area contributed by atoms with Gasteiger partial charge in [0, 0.05) is 54.7 Å². The third kappa shape index (κ3) is 10.1. The third-order valence-corrected chi connectivity index (χ3v) is 13.1. The summed E-state index contributed by atoms with van der Waals surface area (Å²) in [5, 5.41) is 21.2. The number of halogens is 5. The highest BCUT2D eigenvalue weighted by Gasteiger charge is 2.33. The maximum absolute atomic E-state index is 14.1. The van der Waals surface area contributed by atoms with Crippen LogP contribution in [0.3, 0.4) is 0 Å². The molecule has 2 fully saturated rings. The molecule has 2 aliphatic rings. The highest BCUT2D eigenvalue weighted by Crippen LogP contribution is 2.41. The van der Waals surface area contributed by atoms with Gasteiger partial charge >= 0.3 is 12.1 Å². The maximum Gasteiger partial charge on any atom is 0.416 e. The summed E-state index contributed by atoms with van der Waals surface area (Å²) in [4.78, 5) is 32.2. The molecule has 1 atom stereocenters. The van der Waals surface area contributed by atoms with Crippen molar-refractivity contribution in [2.24, 2.45) is 5.92 Å². The van der Waals surface area contributed by atoms with Gasteiger partial charge in [-0.1, -0.05) is 71.8 Å². The normalized spacial score (nSPS) is 18.9. The fourth-order valence-electron chi connectivity index (χ4n) is 7.07. The summed E-state index contributed by atoms with van der Waals surface area (Å²) in [6.45, 7) is 1.53. The van der Waals surface area contributed by atoms with Crippen LogP contribution in [0, 0.1) is 5.92 Å². The van der Waals surface area contributed by atoms with Crippen LogP contribution in [0.4, 0.5) is 24.7 Å². The van der Waals surface area contributed by atoms with Crippen LogP contribution in [0.15, 0.2) is 66.9 Å². The number of thiazole rings is 1. The highest BCUT2D eigenvalue weighted by molar-refractivity contribution is 7.98. The Kier molecular flexibility index (Phi) is 13.1. The van der Waals surface area contributed by atoms with E-state index in [9.17, 15) is 27.9 Å². The van der Waals surface area contributed by atoms with Gasteiger partial charge in [0.15, 0.2) is 5.82 Å². The number of rotatable bonds is 13. The topological polar surface area (TPSA) is 128 Å². The molecule has 0 unspecified atom stereocenters. The first-order valence-corrected chi connectivity index (χ1v) is 21.0. The lowest BCUT2D eigenvalue weighted by Gasteiger charge is -2.26. The molecule has 1 aliphatic heterocycles. The molecule has 7 rings (SSSR count). The van der Waals surface area contributed by atoms with Crippen molar-refractivity contribution in [3.05, 3.63) is 104 Å². The Balaban J connectivity index is 1.06. The molecule has 1 aliphatic carbocycles. The predicted octanol–water partition coefficient (Wildman–Crippen LogP) is 10.3. The minimum absolute atomic E-state index is 0.00320. The van der Waals surface area contributed by atoms with Crippen molar-refractivity contribution in [1.29, 1.82) is 0 Å². The number of aromatic nitrogens is 2. The minimum atomic E-state index is -4.56. The number of hydrogen-bond acceptors (Lipinski definition) is 9. The second-order valence-corrected chi connectivity index (χ2v) is 17.0. The summed E-state index contributed by atoms with van der Waals surface area (Å²) >= 11 is 16.9. The molecular formula is C41H39Cl2F3N6O3S2. The second kappa shape index (κ2) is 18.2. The van der Waals surface area contributed by atoms with Crippen molar-refractivity contribution in [2.75, 3.05) is 11.9 Å². The molecule has 3 aromatic carbocycles. The van der Waals surface area contributed by atoms with E-state index in [-0.39, 0.29) is 28.7 Å². The molecule has 0 radical (unpaired) electrons. The number of aliphatic carboxylic acids is 1. The van der Waals surface area contributed by atoms with Crippen molar-refractivity contribution in [1.82, 2.24) is 25.3 Å². The van der Waals surface area contributed by atoms with E-state index in [2.05, 4.69) is 25.7 Å². The van der Waals surface area contributed by atoms with E-state index in [0.29, 0.717) is 88.2 Å². The van der Waals surface area contributed by atoms with Gasteiger partial charge in [-0.25, -0.2) is 9.97 Å². The van der Waals surface area contributed by atoms with E-state index in [0.717, 1.165) is 35.0 Å². The van der Waals surface area contributed by atoms with Crippen LogP contribution < -0.4 is 20.7 Å². The van der Waals surface area contributed by atoms with Crippen LogP contribution in [0.25, 0.3) is 33.5 Å². The molecule has 5 aromatic rings. The molecule has 0 spiro atoms. The number of alkyl halides is 3. The number of carbonyl (C=O) groups is 2.